The molecule has 2 heterocycles. The lowest BCUT2D eigenvalue weighted by atomic mass is 10.1. The van der Waals surface area contributed by atoms with E-state index in [1.807, 2.05) is 19.3 Å². The lowest BCUT2D eigenvalue weighted by Gasteiger charge is -2.38. The average Bonchev–Trinajstić information content (AvgIpc) is 3.09. The first kappa shape index (κ1) is 19.7. The number of likely N-dealkylation sites (N-methyl/N-ethyl adjacent to an activating group) is 1. The molecule has 1 aromatic carbocycles. The first-order valence-electron chi connectivity index (χ1n) is 9.22. The van der Waals surface area contributed by atoms with Crippen molar-refractivity contribution in [2.75, 3.05) is 46.4 Å². The smallest absolute Gasteiger partial charge is 0.258 e. The number of ether oxygens (including phenoxy) is 1. The van der Waals surface area contributed by atoms with Crippen molar-refractivity contribution < 1.29 is 9.53 Å². The number of nitrogens with one attached hydrogen (secondary N) is 1. The van der Waals surface area contributed by atoms with Crippen molar-refractivity contribution in [1.29, 1.82) is 0 Å². The number of rotatable bonds is 7. The van der Waals surface area contributed by atoms with Crippen LogP contribution in [-0.2, 0) is 11.8 Å². The normalized spacial score (nSPS) is 16.9. The van der Waals surface area contributed by atoms with Gasteiger partial charge in [0.15, 0.2) is 6.61 Å². The molecule has 146 valence electrons. The molecule has 1 N–H and O–H groups in total. The van der Waals surface area contributed by atoms with Crippen molar-refractivity contribution in [2.45, 2.75) is 6.04 Å². The van der Waals surface area contributed by atoms with Gasteiger partial charge >= 0.3 is 0 Å². The Labute approximate surface area is 165 Å². The summed E-state index contributed by atoms with van der Waals surface area (Å²) in [5, 5.41) is 3.67. The highest BCUT2D eigenvalue weighted by Gasteiger charge is 2.25. The summed E-state index contributed by atoms with van der Waals surface area (Å²) in [6.07, 6.45) is 2.05. The quantitative estimate of drug-likeness (QED) is 0.787. The number of amides is 1. The van der Waals surface area contributed by atoms with Gasteiger partial charge in [0, 0.05) is 56.7 Å². The van der Waals surface area contributed by atoms with E-state index in [0.717, 1.165) is 26.2 Å². The molecule has 1 aliphatic rings. The second kappa shape index (κ2) is 9.26. The lowest BCUT2D eigenvalue weighted by molar-refractivity contribution is -0.123. The number of benzene rings is 1. The molecule has 0 saturated carbocycles. The molecule has 1 saturated heterocycles. The zero-order valence-corrected chi connectivity index (χ0v) is 16.7. The van der Waals surface area contributed by atoms with E-state index in [9.17, 15) is 4.79 Å². The molecule has 0 bridgehead atoms. The van der Waals surface area contributed by atoms with Gasteiger partial charge in [0.25, 0.3) is 5.91 Å². The van der Waals surface area contributed by atoms with Crippen LogP contribution in [0.4, 0.5) is 0 Å². The fourth-order valence-corrected chi connectivity index (χ4v) is 3.44. The molecule has 1 atom stereocenters. The van der Waals surface area contributed by atoms with Crippen LogP contribution in [0.5, 0.6) is 5.75 Å². The van der Waals surface area contributed by atoms with Crippen molar-refractivity contribution in [1.82, 2.24) is 19.7 Å². The third kappa shape index (κ3) is 5.48. The molecule has 0 aliphatic carbocycles. The summed E-state index contributed by atoms with van der Waals surface area (Å²) >= 11 is 5.86. The molecule has 1 aliphatic heterocycles. The number of halogens is 1. The van der Waals surface area contributed by atoms with Gasteiger partial charge in [-0.1, -0.05) is 11.6 Å². The fraction of sp³-hybridized carbons (Fsp3) is 0.450. The van der Waals surface area contributed by atoms with Gasteiger partial charge in [0.05, 0.1) is 6.04 Å². The molecule has 1 aromatic heterocycles. The fourth-order valence-electron chi connectivity index (χ4n) is 3.32. The number of aryl methyl sites for hydroxylation is 1. The van der Waals surface area contributed by atoms with Gasteiger partial charge in [-0.25, -0.2) is 0 Å². The molecule has 0 radical (unpaired) electrons. The van der Waals surface area contributed by atoms with Crippen LogP contribution in [0.15, 0.2) is 42.6 Å². The molecule has 1 amide bonds. The average molecular weight is 391 g/mol. The van der Waals surface area contributed by atoms with Crippen molar-refractivity contribution in [3.63, 3.8) is 0 Å². The maximum atomic E-state index is 12.3. The van der Waals surface area contributed by atoms with E-state index < -0.39 is 0 Å². The number of piperazine rings is 1. The minimum absolute atomic E-state index is 0.00970. The van der Waals surface area contributed by atoms with E-state index in [1.165, 1.54) is 5.69 Å². The Kier molecular flexibility index (Phi) is 6.77. The van der Waals surface area contributed by atoms with Crippen molar-refractivity contribution in [2.24, 2.45) is 7.05 Å². The minimum atomic E-state index is -0.127. The Morgan fingerprint density at radius 2 is 1.85 bits per heavy atom. The van der Waals surface area contributed by atoms with Crippen LogP contribution >= 0.6 is 11.6 Å². The van der Waals surface area contributed by atoms with Crippen LogP contribution in [0.2, 0.25) is 5.02 Å². The van der Waals surface area contributed by atoms with Gasteiger partial charge in [-0.15, -0.1) is 0 Å². The molecule has 6 nitrogen and oxygen atoms in total. The molecule has 27 heavy (non-hydrogen) atoms. The second-order valence-corrected chi connectivity index (χ2v) is 7.38. The van der Waals surface area contributed by atoms with E-state index in [1.54, 1.807) is 24.3 Å². The highest BCUT2D eigenvalue weighted by atomic mass is 35.5. The Hall–Kier alpha value is -2.02. The summed E-state index contributed by atoms with van der Waals surface area (Å²) in [5.74, 6) is 0.505. The largest absolute Gasteiger partial charge is 0.484 e. The van der Waals surface area contributed by atoms with Crippen LogP contribution in [0.25, 0.3) is 0 Å². The molecule has 1 fully saturated rings. The first-order valence-corrected chi connectivity index (χ1v) is 9.59. The third-order valence-electron chi connectivity index (χ3n) is 4.98. The standard InChI is InChI=1S/C20H27ClN4O2/c1-23-10-12-25(13-11-23)19(18-4-3-9-24(18)2)14-22-20(26)15-27-17-7-5-16(21)6-8-17/h3-9,19H,10-15H2,1-2H3,(H,22,26). The first-order chi connectivity index (χ1) is 13.0. The third-order valence-corrected chi connectivity index (χ3v) is 5.23. The SMILES string of the molecule is CN1CCN(C(CNC(=O)COc2ccc(Cl)cc2)c2cccn2C)CC1. The highest BCUT2D eigenvalue weighted by molar-refractivity contribution is 6.30. The Bertz CT molecular complexity index is 739. The topological polar surface area (TPSA) is 49.7 Å². The molecular formula is C20H27ClN4O2. The summed E-state index contributed by atoms with van der Waals surface area (Å²) in [7, 11) is 4.19. The summed E-state index contributed by atoms with van der Waals surface area (Å²) in [6.45, 7) is 4.60. The van der Waals surface area contributed by atoms with E-state index in [0.29, 0.717) is 17.3 Å². The van der Waals surface area contributed by atoms with Crippen LogP contribution in [0, 0.1) is 0 Å². The molecule has 7 heteroatoms. The maximum absolute atomic E-state index is 12.3. The zero-order valence-electron chi connectivity index (χ0n) is 15.9. The lowest BCUT2D eigenvalue weighted by Crippen LogP contribution is -2.49. The van der Waals surface area contributed by atoms with Gasteiger partial charge < -0.3 is 19.5 Å². The van der Waals surface area contributed by atoms with Crippen LogP contribution in [-0.4, -0.2) is 66.7 Å². The number of carbonyl (C=O) groups excluding carboxylic acids is 1. The molecule has 1 unspecified atom stereocenters. The summed E-state index contributed by atoms with van der Waals surface area (Å²) in [4.78, 5) is 17.1. The molecule has 2 aromatic rings. The number of nitrogens with zero attached hydrogens (tertiary/aromatic N) is 3. The van der Waals surface area contributed by atoms with Crippen LogP contribution in [0.3, 0.4) is 0 Å². The zero-order chi connectivity index (χ0) is 19.2. The van der Waals surface area contributed by atoms with E-state index >= 15 is 0 Å². The van der Waals surface area contributed by atoms with Crippen molar-refractivity contribution in [3.8, 4) is 5.75 Å². The summed E-state index contributed by atoms with van der Waals surface area (Å²) in [6, 6.07) is 11.3. The van der Waals surface area contributed by atoms with E-state index in [4.69, 9.17) is 16.3 Å². The van der Waals surface area contributed by atoms with E-state index in [2.05, 4.69) is 32.8 Å². The Morgan fingerprint density at radius 1 is 1.15 bits per heavy atom. The predicted octanol–water partition coefficient (Wildman–Crippen LogP) is 2.16. The summed E-state index contributed by atoms with van der Waals surface area (Å²) < 4.78 is 7.66. The van der Waals surface area contributed by atoms with Crippen LogP contribution < -0.4 is 10.1 Å². The van der Waals surface area contributed by atoms with Gasteiger partial charge in [-0.3, -0.25) is 9.69 Å². The summed E-state index contributed by atoms with van der Waals surface area (Å²) in [5.41, 5.74) is 1.21. The predicted molar refractivity (Wildman–Crippen MR) is 107 cm³/mol. The number of hydrogen-bond acceptors (Lipinski definition) is 4. The monoisotopic (exact) mass is 390 g/mol. The Morgan fingerprint density at radius 3 is 2.48 bits per heavy atom. The van der Waals surface area contributed by atoms with Gasteiger partial charge in [-0.2, -0.15) is 0 Å². The number of carbonyl (C=O) groups is 1. The minimum Gasteiger partial charge on any atom is -0.484 e. The maximum Gasteiger partial charge on any atom is 0.258 e. The van der Waals surface area contributed by atoms with E-state index in [-0.39, 0.29) is 18.6 Å². The Balaban J connectivity index is 1.56. The van der Waals surface area contributed by atoms with Gasteiger partial charge in [0.1, 0.15) is 5.75 Å². The molecular weight excluding hydrogens is 364 g/mol. The second-order valence-electron chi connectivity index (χ2n) is 6.95. The molecule has 0 spiro atoms. The highest BCUT2D eigenvalue weighted by Crippen LogP contribution is 2.21. The number of aromatic nitrogens is 1. The van der Waals surface area contributed by atoms with Gasteiger partial charge in [-0.05, 0) is 43.4 Å². The number of hydrogen-bond donors (Lipinski definition) is 1. The van der Waals surface area contributed by atoms with Crippen molar-refractivity contribution in [3.05, 3.63) is 53.3 Å². The van der Waals surface area contributed by atoms with Crippen molar-refractivity contribution >= 4 is 17.5 Å². The van der Waals surface area contributed by atoms with Gasteiger partial charge in [0.2, 0.25) is 0 Å². The van der Waals surface area contributed by atoms with Crippen LogP contribution in [0.1, 0.15) is 11.7 Å². The molecule has 3 rings (SSSR count).